The molecular formula is C18H19BrN2O4. The second kappa shape index (κ2) is 8.20. The number of carbonyl (C=O) groups is 2. The summed E-state index contributed by atoms with van der Waals surface area (Å²) in [7, 11) is 0. The number of hydrogen-bond donors (Lipinski definition) is 0. The molecule has 0 aliphatic carbocycles. The molecule has 2 aromatic rings. The molecule has 0 saturated heterocycles. The van der Waals surface area contributed by atoms with Gasteiger partial charge in [-0.2, -0.15) is 5.10 Å². The summed E-state index contributed by atoms with van der Waals surface area (Å²) in [5.74, 6) is -1.15. The summed E-state index contributed by atoms with van der Waals surface area (Å²) >= 11 is 3.36. The van der Waals surface area contributed by atoms with E-state index in [-0.39, 0.29) is 30.1 Å². The van der Waals surface area contributed by atoms with Crippen LogP contribution in [0.3, 0.4) is 0 Å². The normalized spacial score (nSPS) is 10.6. The van der Waals surface area contributed by atoms with Crippen LogP contribution < -0.4 is 5.43 Å². The molecule has 7 heteroatoms. The first-order valence-electron chi connectivity index (χ1n) is 8.06. The van der Waals surface area contributed by atoms with Crippen molar-refractivity contribution in [3.8, 4) is 5.69 Å². The zero-order valence-electron chi connectivity index (χ0n) is 14.3. The van der Waals surface area contributed by atoms with Crippen LogP contribution in [0.5, 0.6) is 0 Å². The number of nitrogens with zero attached hydrogens (tertiary/aromatic N) is 2. The van der Waals surface area contributed by atoms with Crippen LogP contribution >= 0.6 is 15.9 Å². The highest BCUT2D eigenvalue weighted by Crippen LogP contribution is 2.18. The van der Waals surface area contributed by atoms with Gasteiger partial charge in [-0.15, -0.1) is 0 Å². The zero-order chi connectivity index (χ0) is 18.6. The minimum absolute atomic E-state index is 0.00553. The van der Waals surface area contributed by atoms with Crippen molar-refractivity contribution >= 4 is 27.7 Å². The maximum Gasteiger partial charge on any atom is 0.362 e. The van der Waals surface area contributed by atoms with E-state index in [2.05, 4.69) is 21.0 Å². The largest absolute Gasteiger partial charge is 0.461 e. The molecule has 0 aliphatic heterocycles. The molecule has 0 aliphatic rings. The summed E-state index contributed by atoms with van der Waals surface area (Å²) < 4.78 is 7.28. The molecule has 0 amide bonds. The first kappa shape index (κ1) is 19.1. The van der Waals surface area contributed by atoms with Gasteiger partial charge in [-0.3, -0.25) is 9.59 Å². The van der Waals surface area contributed by atoms with Gasteiger partial charge in [0, 0.05) is 10.9 Å². The predicted octanol–water partition coefficient (Wildman–Crippen LogP) is 3.33. The van der Waals surface area contributed by atoms with Gasteiger partial charge in [-0.25, -0.2) is 9.48 Å². The average Bonchev–Trinajstić information content (AvgIpc) is 2.61. The summed E-state index contributed by atoms with van der Waals surface area (Å²) in [5.41, 5.74) is 0.0863. The number of ether oxygens (including phenoxy) is 1. The van der Waals surface area contributed by atoms with Gasteiger partial charge in [0.1, 0.15) is 0 Å². The minimum Gasteiger partial charge on any atom is -0.461 e. The van der Waals surface area contributed by atoms with Gasteiger partial charge in [-0.1, -0.05) is 29.8 Å². The number of Topliss-reactive ketones (excluding diaryl/α,β-unsaturated/α-hetero) is 1. The predicted molar refractivity (Wildman–Crippen MR) is 97.5 cm³/mol. The number of aromatic nitrogens is 2. The van der Waals surface area contributed by atoms with Gasteiger partial charge in [0.05, 0.1) is 23.6 Å². The highest BCUT2D eigenvalue weighted by atomic mass is 79.9. The fourth-order valence-electron chi connectivity index (χ4n) is 2.48. The highest BCUT2D eigenvalue weighted by Gasteiger charge is 2.25. The third-order valence-electron chi connectivity index (χ3n) is 3.66. The first-order valence-corrected chi connectivity index (χ1v) is 8.86. The smallest absolute Gasteiger partial charge is 0.362 e. The second-order valence-corrected chi connectivity index (χ2v) is 6.15. The lowest BCUT2D eigenvalue weighted by molar-refractivity contribution is 0.0515. The Kier molecular flexibility index (Phi) is 6.25. The van der Waals surface area contributed by atoms with Crippen LogP contribution in [0.2, 0.25) is 0 Å². The van der Waals surface area contributed by atoms with Crippen molar-refractivity contribution in [3.05, 3.63) is 55.9 Å². The standard InChI is InChI=1S/C18H19BrN2O4/c1-4-13-15(14(22)5-2)17(23)16(18(24)25-6-3)20-21(13)12-9-7-11(19)8-10-12/h7-10H,4-6H2,1-3H3. The number of rotatable bonds is 6. The molecule has 0 spiro atoms. The van der Waals surface area contributed by atoms with Gasteiger partial charge >= 0.3 is 5.97 Å². The Balaban J connectivity index is 2.83. The SMILES string of the molecule is CCOC(=O)c1nn(-c2ccc(Br)cc2)c(CC)c(C(=O)CC)c1=O. The monoisotopic (exact) mass is 406 g/mol. The van der Waals surface area contributed by atoms with Gasteiger partial charge < -0.3 is 4.74 Å². The Labute approximate surface area is 153 Å². The molecule has 0 unspecified atom stereocenters. The fourth-order valence-corrected chi connectivity index (χ4v) is 2.75. The van der Waals surface area contributed by atoms with Gasteiger partial charge in [-0.05, 0) is 37.6 Å². The Bertz CT molecular complexity index is 857. The maximum absolute atomic E-state index is 12.7. The van der Waals surface area contributed by atoms with E-state index in [4.69, 9.17) is 4.74 Å². The third kappa shape index (κ3) is 3.87. The van der Waals surface area contributed by atoms with E-state index in [1.807, 2.05) is 19.1 Å². The van der Waals surface area contributed by atoms with Crippen molar-refractivity contribution in [1.82, 2.24) is 9.78 Å². The number of ketones is 1. The van der Waals surface area contributed by atoms with Crippen LogP contribution in [-0.4, -0.2) is 28.1 Å². The molecule has 6 nitrogen and oxygen atoms in total. The number of benzene rings is 1. The maximum atomic E-state index is 12.7. The van der Waals surface area contributed by atoms with Crippen molar-refractivity contribution in [3.63, 3.8) is 0 Å². The van der Waals surface area contributed by atoms with E-state index in [1.165, 1.54) is 4.68 Å². The van der Waals surface area contributed by atoms with Crippen LogP contribution in [0.4, 0.5) is 0 Å². The second-order valence-electron chi connectivity index (χ2n) is 5.24. The van der Waals surface area contributed by atoms with Crippen molar-refractivity contribution in [2.24, 2.45) is 0 Å². The lowest BCUT2D eigenvalue weighted by Gasteiger charge is -2.16. The molecule has 1 heterocycles. The number of carbonyl (C=O) groups excluding carboxylic acids is 2. The van der Waals surface area contributed by atoms with Crippen LogP contribution in [0.15, 0.2) is 33.5 Å². The van der Waals surface area contributed by atoms with Crippen LogP contribution in [0.25, 0.3) is 5.69 Å². The molecule has 0 bridgehead atoms. The molecule has 0 fully saturated rings. The van der Waals surface area contributed by atoms with E-state index >= 15 is 0 Å². The molecule has 0 radical (unpaired) electrons. The molecular weight excluding hydrogens is 388 g/mol. The van der Waals surface area contributed by atoms with Gasteiger partial charge in [0.15, 0.2) is 5.78 Å². The molecule has 0 atom stereocenters. The summed E-state index contributed by atoms with van der Waals surface area (Å²) in [6, 6.07) is 7.21. The molecule has 25 heavy (non-hydrogen) atoms. The molecule has 132 valence electrons. The van der Waals surface area contributed by atoms with Crippen molar-refractivity contribution in [2.75, 3.05) is 6.61 Å². The first-order chi connectivity index (χ1) is 11.9. The number of hydrogen-bond acceptors (Lipinski definition) is 5. The molecule has 0 N–H and O–H groups in total. The topological polar surface area (TPSA) is 78.3 Å². The summed E-state index contributed by atoms with van der Waals surface area (Å²) in [5, 5.41) is 4.20. The Morgan fingerprint density at radius 3 is 2.32 bits per heavy atom. The average molecular weight is 407 g/mol. The van der Waals surface area contributed by atoms with Gasteiger partial charge in [0.2, 0.25) is 11.1 Å². The summed E-state index contributed by atoms with van der Waals surface area (Å²) in [6.07, 6.45) is 0.581. The Morgan fingerprint density at radius 2 is 1.80 bits per heavy atom. The van der Waals surface area contributed by atoms with Crippen molar-refractivity contribution in [1.29, 1.82) is 0 Å². The zero-order valence-corrected chi connectivity index (χ0v) is 15.9. The van der Waals surface area contributed by atoms with Crippen molar-refractivity contribution in [2.45, 2.75) is 33.6 Å². The van der Waals surface area contributed by atoms with E-state index in [0.717, 1.165) is 4.47 Å². The number of esters is 1. The quantitative estimate of drug-likeness (QED) is 0.542. The van der Waals surface area contributed by atoms with E-state index < -0.39 is 11.4 Å². The van der Waals surface area contributed by atoms with E-state index in [0.29, 0.717) is 17.8 Å². The van der Waals surface area contributed by atoms with Crippen LogP contribution in [-0.2, 0) is 11.2 Å². The lowest BCUT2D eigenvalue weighted by atomic mass is 10.0. The van der Waals surface area contributed by atoms with Crippen LogP contribution in [0, 0.1) is 0 Å². The molecule has 1 aromatic carbocycles. The highest BCUT2D eigenvalue weighted by molar-refractivity contribution is 9.10. The third-order valence-corrected chi connectivity index (χ3v) is 4.19. The number of halogens is 1. The van der Waals surface area contributed by atoms with Crippen molar-refractivity contribution < 1.29 is 14.3 Å². The van der Waals surface area contributed by atoms with E-state index in [9.17, 15) is 14.4 Å². The van der Waals surface area contributed by atoms with Gasteiger partial charge in [0.25, 0.3) is 0 Å². The lowest BCUT2D eigenvalue weighted by Crippen LogP contribution is -2.31. The van der Waals surface area contributed by atoms with E-state index in [1.54, 1.807) is 26.0 Å². The molecule has 2 rings (SSSR count). The molecule has 0 saturated carbocycles. The minimum atomic E-state index is -0.828. The summed E-state index contributed by atoms with van der Waals surface area (Å²) in [4.78, 5) is 37.2. The van der Waals surface area contributed by atoms with Crippen LogP contribution in [0.1, 0.15) is 53.7 Å². The fraction of sp³-hybridized carbons (Fsp3) is 0.333. The Morgan fingerprint density at radius 1 is 1.16 bits per heavy atom. The molecule has 1 aromatic heterocycles. The Hall–Kier alpha value is -2.28. The summed E-state index contributed by atoms with van der Waals surface area (Å²) in [6.45, 7) is 5.27.